The van der Waals surface area contributed by atoms with Crippen molar-refractivity contribution in [2.24, 2.45) is 0 Å². The summed E-state index contributed by atoms with van der Waals surface area (Å²) in [7, 11) is 0. The predicted octanol–water partition coefficient (Wildman–Crippen LogP) is 4.19. The first-order chi connectivity index (χ1) is 11.1. The average Bonchev–Trinajstić information content (AvgIpc) is 2.52. The van der Waals surface area contributed by atoms with Crippen molar-refractivity contribution in [2.45, 2.75) is 12.8 Å². The van der Waals surface area contributed by atoms with E-state index in [0.717, 1.165) is 10.2 Å². The minimum absolute atomic E-state index is 0.0334. The zero-order chi connectivity index (χ0) is 16.7. The van der Waals surface area contributed by atoms with Crippen molar-refractivity contribution >= 4 is 38.9 Å². The van der Waals surface area contributed by atoms with Gasteiger partial charge in [0.1, 0.15) is 5.69 Å². The maximum atomic E-state index is 11.8. The Labute approximate surface area is 142 Å². The minimum Gasteiger partial charge on any atom is -0.379 e. The van der Waals surface area contributed by atoms with E-state index < -0.39 is 4.92 Å². The second kappa shape index (κ2) is 8.28. The molecular formula is C16H16BrN3O3. The van der Waals surface area contributed by atoms with Gasteiger partial charge in [-0.15, -0.1) is 0 Å². The maximum Gasteiger partial charge on any atom is 0.292 e. The molecule has 2 aromatic carbocycles. The first kappa shape index (κ1) is 17.0. The highest BCUT2D eigenvalue weighted by atomic mass is 79.9. The van der Waals surface area contributed by atoms with Gasteiger partial charge in [0.05, 0.1) is 4.92 Å². The molecule has 0 unspecified atom stereocenters. The summed E-state index contributed by atoms with van der Waals surface area (Å²) in [6.45, 7) is 0.483. The number of carbonyl (C=O) groups is 1. The molecule has 0 saturated carbocycles. The van der Waals surface area contributed by atoms with Gasteiger partial charge in [-0.2, -0.15) is 0 Å². The molecule has 2 aromatic rings. The van der Waals surface area contributed by atoms with E-state index in [-0.39, 0.29) is 11.6 Å². The first-order valence-electron chi connectivity index (χ1n) is 7.09. The van der Waals surface area contributed by atoms with E-state index in [2.05, 4.69) is 26.6 Å². The molecule has 0 atom stereocenters. The van der Waals surface area contributed by atoms with Crippen LogP contribution in [0.2, 0.25) is 0 Å². The third kappa shape index (κ3) is 5.37. The van der Waals surface area contributed by atoms with Crippen LogP contribution in [0.3, 0.4) is 0 Å². The number of nitrogens with one attached hydrogen (secondary N) is 2. The summed E-state index contributed by atoms with van der Waals surface area (Å²) in [6.07, 6.45) is 0.909. The second-order valence-electron chi connectivity index (χ2n) is 4.86. The smallest absolute Gasteiger partial charge is 0.292 e. The Morgan fingerprint density at radius 1 is 1.17 bits per heavy atom. The van der Waals surface area contributed by atoms with E-state index in [9.17, 15) is 14.9 Å². The lowest BCUT2D eigenvalue weighted by Crippen LogP contribution is -2.13. The molecule has 0 spiro atoms. The molecule has 0 aliphatic carbocycles. The molecule has 0 radical (unpaired) electrons. The molecule has 0 aliphatic rings. The van der Waals surface area contributed by atoms with E-state index >= 15 is 0 Å². The van der Waals surface area contributed by atoms with Gasteiger partial charge in [-0.1, -0.05) is 34.1 Å². The average molecular weight is 378 g/mol. The molecule has 23 heavy (non-hydrogen) atoms. The van der Waals surface area contributed by atoms with Crippen LogP contribution in [0.25, 0.3) is 0 Å². The number of hydrogen-bond donors (Lipinski definition) is 2. The molecule has 1 amide bonds. The molecule has 0 fully saturated rings. The molecule has 120 valence electrons. The van der Waals surface area contributed by atoms with Crippen molar-refractivity contribution in [1.82, 2.24) is 0 Å². The van der Waals surface area contributed by atoms with E-state index in [1.807, 2.05) is 24.3 Å². The van der Waals surface area contributed by atoms with Crippen LogP contribution in [0.5, 0.6) is 0 Å². The van der Waals surface area contributed by atoms with Crippen LogP contribution < -0.4 is 10.6 Å². The van der Waals surface area contributed by atoms with Crippen LogP contribution in [-0.2, 0) is 4.79 Å². The van der Waals surface area contributed by atoms with E-state index in [1.54, 1.807) is 18.2 Å². The fraction of sp³-hybridized carbons (Fsp3) is 0.188. The van der Waals surface area contributed by atoms with Gasteiger partial charge in [-0.25, -0.2) is 0 Å². The number of halogens is 1. The Bertz CT molecular complexity index is 706. The number of nitrogens with zero attached hydrogens (tertiary/aromatic N) is 1. The van der Waals surface area contributed by atoms with Gasteiger partial charge in [0, 0.05) is 29.2 Å². The van der Waals surface area contributed by atoms with Crippen molar-refractivity contribution in [2.75, 3.05) is 17.2 Å². The van der Waals surface area contributed by atoms with Crippen molar-refractivity contribution < 1.29 is 9.72 Å². The van der Waals surface area contributed by atoms with E-state index in [4.69, 9.17) is 0 Å². The Morgan fingerprint density at radius 3 is 2.70 bits per heavy atom. The Hall–Kier alpha value is -2.41. The van der Waals surface area contributed by atoms with Gasteiger partial charge >= 0.3 is 0 Å². The molecule has 0 aromatic heterocycles. The van der Waals surface area contributed by atoms with Gasteiger partial charge in [0.15, 0.2) is 0 Å². The molecule has 2 rings (SSSR count). The van der Waals surface area contributed by atoms with Crippen molar-refractivity contribution in [3.8, 4) is 0 Å². The van der Waals surface area contributed by atoms with Crippen molar-refractivity contribution in [3.05, 3.63) is 63.1 Å². The lowest BCUT2D eigenvalue weighted by Gasteiger charge is -2.08. The van der Waals surface area contributed by atoms with Crippen LogP contribution >= 0.6 is 15.9 Å². The van der Waals surface area contributed by atoms with Crippen molar-refractivity contribution in [1.29, 1.82) is 0 Å². The summed E-state index contributed by atoms with van der Waals surface area (Å²) in [5.74, 6) is -0.0903. The number of para-hydroxylation sites is 2. The van der Waals surface area contributed by atoms with E-state index in [0.29, 0.717) is 25.1 Å². The Kier molecular flexibility index (Phi) is 6.10. The Balaban J connectivity index is 1.77. The highest BCUT2D eigenvalue weighted by Gasteiger charge is 2.11. The molecular weight excluding hydrogens is 362 g/mol. The monoisotopic (exact) mass is 377 g/mol. The molecule has 2 N–H and O–H groups in total. The molecule has 0 heterocycles. The normalized spacial score (nSPS) is 10.1. The second-order valence-corrected chi connectivity index (χ2v) is 5.78. The fourth-order valence-corrected chi connectivity index (χ4v) is 2.44. The number of benzene rings is 2. The van der Waals surface area contributed by atoms with Gasteiger partial charge in [-0.3, -0.25) is 14.9 Å². The third-order valence-corrected chi connectivity index (χ3v) is 3.60. The van der Waals surface area contributed by atoms with Crippen LogP contribution in [0.4, 0.5) is 17.1 Å². The topological polar surface area (TPSA) is 84.3 Å². The van der Waals surface area contributed by atoms with Crippen LogP contribution in [0.1, 0.15) is 12.8 Å². The standard InChI is InChI=1S/C16H16BrN3O3/c17-12-5-3-6-13(11-12)19-16(21)9-4-10-18-14-7-1-2-8-15(14)20(22)23/h1-3,5-8,11,18H,4,9-10H2,(H,19,21). The van der Waals surface area contributed by atoms with E-state index in [1.165, 1.54) is 6.07 Å². The molecule has 7 heteroatoms. The molecule has 0 bridgehead atoms. The lowest BCUT2D eigenvalue weighted by molar-refractivity contribution is -0.384. The van der Waals surface area contributed by atoms with Gasteiger partial charge in [0.25, 0.3) is 5.69 Å². The number of carbonyl (C=O) groups excluding carboxylic acids is 1. The third-order valence-electron chi connectivity index (χ3n) is 3.11. The summed E-state index contributed by atoms with van der Waals surface area (Å²) in [5.41, 5.74) is 1.23. The van der Waals surface area contributed by atoms with Gasteiger partial charge in [-0.05, 0) is 30.7 Å². The number of amides is 1. The number of hydrogen-bond acceptors (Lipinski definition) is 4. The van der Waals surface area contributed by atoms with Crippen molar-refractivity contribution in [3.63, 3.8) is 0 Å². The summed E-state index contributed by atoms with van der Waals surface area (Å²) in [6, 6.07) is 13.8. The zero-order valence-corrected chi connectivity index (χ0v) is 13.9. The Morgan fingerprint density at radius 2 is 1.96 bits per heavy atom. The number of nitro groups is 1. The minimum atomic E-state index is -0.428. The van der Waals surface area contributed by atoms with Gasteiger partial charge < -0.3 is 10.6 Å². The largest absolute Gasteiger partial charge is 0.379 e. The lowest BCUT2D eigenvalue weighted by atomic mass is 10.2. The highest BCUT2D eigenvalue weighted by Crippen LogP contribution is 2.23. The zero-order valence-electron chi connectivity index (χ0n) is 12.3. The summed E-state index contributed by atoms with van der Waals surface area (Å²) < 4.78 is 0.897. The molecule has 0 saturated heterocycles. The predicted molar refractivity (Wildman–Crippen MR) is 93.6 cm³/mol. The number of rotatable bonds is 7. The maximum absolute atomic E-state index is 11.8. The fourth-order valence-electron chi connectivity index (χ4n) is 2.04. The summed E-state index contributed by atoms with van der Waals surface area (Å²) in [4.78, 5) is 22.3. The summed E-state index contributed by atoms with van der Waals surface area (Å²) >= 11 is 3.34. The van der Waals surface area contributed by atoms with Crippen LogP contribution in [0, 0.1) is 10.1 Å². The SMILES string of the molecule is O=C(CCCNc1ccccc1[N+](=O)[O-])Nc1cccc(Br)c1. The molecule has 0 aliphatic heterocycles. The van der Waals surface area contributed by atoms with Crippen LogP contribution in [-0.4, -0.2) is 17.4 Å². The molecule has 6 nitrogen and oxygen atoms in total. The van der Waals surface area contributed by atoms with Gasteiger partial charge in [0.2, 0.25) is 5.91 Å². The number of nitro benzene ring substituents is 1. The highest BCUT2D eigenvalue weighted by molar-refractivity contribution is 9.10. The summed E-state index contributed by atoms with van der Waals surface area (Å²) in [5, 5.41) is 16.7. The van der Waals surface area contributed by atoms with Crippen LogP contribution in [0.15, 0.2) is 53.0 Å². The quantitative estimate of drug-likeness (QED) is 0.430. The number of anilines is 2. The first-order valence-corrected chi connectivity index (χ1v) is 7.88.